The Balaban J connectivity index is 0.0000230. The summed E-state index contributed by atoms with van der Waals surface area (Å²) in [4.78, 5) is 25.0. The molecule has 0 aliphatic heterocycles. The van der Waals surface area contributed by atoms with Crippen LogP contribution in [0.25, 0.3) is 0 Å². The average Bonchev–Trinajstić information content (AvgIpc) is 3.07. The van der Waals surface area contributed by atoms with E-state index in [4.69, 9.17) is 9.47 Å². The Hall–Kier alpha value is -1.45. The fraction of sp³-hybridized carbons (Fsp3) is 0.700. The summed E-state index contributed by atoms with van der Waals surface area (Å²) in [5.41, 5.74) is -0.416. The van der Waals surface area contributed by atoms with Crippen LogP contribution in [-0.2, 0) is 19.6 Å². The molecule has 1 rings (SSSR count). The Kier molecular flexibility index (Phi) is 31.5. The number of hydrogen-bond acceptors (Lipinski definition) is 7. The van der Waals surface area contributed by atoms with E-state index in [1.165, 1.54) is 116 Å². The second-order valence-electron chi connectivity index (χ2n) is 12.9. The number of rotatable bonds is 31. The van der Waals surface area contributed by atoms with Crippen molar-refractivity contribution in [1.29, 1.82) is 0 Å². The molecule has 0 aromatic heterocycles. The maximum Gasteiger partial charge on any atom is 1.00 e. The van der Waals surface area contributed by atoms with Gasteiger partial charge in [0.15, 0.2) is 0 Å². The van der Waals surface area contributed by atoms with Gasteiger partial charge in [-0.15, -0.1) is 0 Å². The predicted molar refractivity (Wildman–Crippen MR) is 195 cm³/mol. The maximum absolute atomic E-state index is 12.8. The van der Waals surface area contributed by atoms with Crippen LogP contribution in [0.15, 0.2) is 47.4 Å². The molecule has 0 atom stereocenters. The first-order valence-corrected chi connectivity index (χ1v) is 20.5. The summed E-state index contributed by atoms with van der Waals surface area (Å²) in [5.74, 6) is -1.64. The molecule has 0 fully saturated rings. The third-order valence-corrected chi connectivity index (χ3v) is 9.37. The standard InChI is InChI=1S/C40H66O7S.Na/c1-3-5-7-9-11-13-15-17-19-21-23-25-27-29-33-46-39(41)37-32-31-36(48(43,44)45)35-38(37)40(42)47-34-30-28-26-24-22-20-18-16-14-12-10-8-6-4-2;/h25-28,31-32,35H,3-24,29-30,33-34H2,1-2H3,(H,43,44,45);/q;+1/p-1/b27-25+,28-26+;. The zero-order valence-electron chi connectivity index (χ0n) is 31.2. The van der Waals surface area contributed by atoms with Crippen LogP contribution in [0.1, 0.15) is 189 Å². The minimum absolute atomic E-state index is 0. The first-order valence-electron chi connectivity index (χ1n) is 19.0. The molecular weight excluding hydrogens is 647 g/mol. The molecular formula is C40H65NaO7S. The number of unbranched alkanes of at least 4 members (excludes halogenated alkanes) is 20. The van der Waals surface area contributed by atoms with Gasteiger partial charge in [-0.05, 0) is 56.7 Å². The number of carbonyl (C=O) groups is 2. The first kappa shape index (κ1) is 47.5. The Bertz CT molecular complexity index is 1150. The van der Waals surface area contributed by atoms with Crippen molar-refractivity contribution < 1.29 is 61.6 Å². The van der Waals surface area contributed by atoms with Gasteiger partial charge < -0.3 is 14.0 Å². The molecule has 0 aliphatic carbocycles. The van der Waals surface area contributed by atoms with Crippen LogP contribution in [0.3, 0.4) is 0 Å². The predicted octanol–water partition coefficient (Wildman–Crippen LogP) is 8.42. The van der Waals surface area contributed by atoms with Crippen molar-refractivity contribution in [3.05, 3.63) is 53.6 Å². The molecule has 0 N–H and O–H groups in total. The SMILES string of the molecule is CCCCCCCCCCCC/C=C/CCOC(=O)c1ccc(S(=O)(=O)[O-])cc1C(=O)OCC/C=C/CCCCCCCCCCCC.[Na+]. The van der Waals surface area contributed by atoms with Gasteiger partial charge in [0.25, 0.3) is 0 Å². The van der Waals surface area contributed by atoms with E-state index in [0.717, 1.165) is 43.9 Å². The Morgan fingerprint density at radius 3 is 1.29 bits per heavy atom. The van der Waals surface area contributed by atoms with E-state index in [1.54, 1.807) is 0 Å². The molecule has 0 saturated heterocycles. The first-order chi connectivity index (χ1) is 23.3. The van der Waals surface area contributed by atoms with Gasteiger partial charge >= 0.3 is 41.5 Å². The van der Waals surface area contributed by atoms with Crippen LogP contribution in [0.5, 0.6) is 0 Å². The normalized spacial score (nSPS) is 11.7. The summed E-state index contributed by atoms with van der Waals surface area (Å²) >= 11 is 0. The second-order valence-corrected chi connectivity index (χ2v) is 14.3. The fourth-order valence-electron chi connectivity index (χ4n) is 5.59. The van der Waals surface area contributed by atoms with Crippen molar-refractivity contribution in [3.63, 3.8) is 0 Å². The molecule has 0 amide bonds. The fourth-order valence-corrected chi connectivity index (χ4v) is 6.09. The van der Waals surface area contributed by atoms with Crippen LogP contribution >= 0.6 is 0 Å². The van der Waals surface area contributed by atoms with E-state index in [2.05, 4.69) is 26.0 Å². The van der Waals surface area contributed by atoms with Crippen molar-refractivity contribution >= 4 is 22.1 Å². The zero-order valence-corrected chi connectivity index (χ0v) is 34.0. The molecule has 0 saturated carbocycles. The molecule has 9 heteroatoms. The maximum atomic E-state index is 12.8. The summed E-state index contributed by atoms with van der Waals surface area (Å²) in [6.07, 6.45) is 37.0. The molecule has 0 heterocycles. The molecule has 274 valence electrons. The third kappa shape index (κ3) is 26.1. The molecule has 49 heavy (non-hydrogen) atoms. The largest absolute Gasteiger partial charge is 1.00 e. The minimum atomic E-state index is -4.83. The van der Waals surface area contributed by atoms with Crippen molar-refractivity contribution in [1.82, 2.24) is 0 Å². The molecule has 0 bridgehead atoms. The Morgan fingerprint density at radius 2 is 0.898 bits per heavy atom. The molecule has 0 aliphatic rings. The van der Waals surface area contributed by atoms with Gasteiger partial charge in [-0.2, -0.15) is 0 Å². The van der Waals surface area contributed by atoms with Crippen LogP contribution in [0, 0.1) is 0 Å². The van der Waals surface area contributed by atoms with Crippen molar-refractivity contribution in [2.75, 3.05) is 13.2 Å². The van der Waals surface area contributed by atoms with Gasteiger partial charge in [-0.1, -0.05) is 154 Å². The van der Waals surface area contributed by atoms with E-state index >= 15 is 0 Å². The van der Waals surface area contributed by atoms with Crippen LogP contribution in [-0.4, -0.2) is 38.1 Å². The number of benzene rings is 1. The molecule has 1 aromatic carbocycles. The van der Waals surface area contributed by atoms with E-state index in [0.29, 0.717) is 12.8 Å². The topological polar surface area (TPSA) is 110 Å². The van der Waals surface area contributed by atoms with E-state index in [9.17, 15) is 22.6 Å². The Labute approximate surface area is 321 Å². The van der Waals surface area contributed by atoms with Gasteiger partial charge in [-0.25, -0.2) is 18.0 Å². The van der Waals surface area contributed by atoms with Crippen LogP contribution in [0.2, 0.25) is 0 Å². The van der Waals surface area contributed by atoms with Gasteiger partial charge in [0.1, 0.15) is 10.1 Å². The zero-order chi connectivity index (χ0) is 35.1. The Morgan fingerprint density at radius 1 is 0.551 bits per heavy atom. The minimum Gasteiger partial charge on any atom is -0.744 e. The summed E-state index contributed by atoms with van der Waals surface area (Å²) < 4.78 is 45.4. The van der Waals surface area contributed by atoms with Crippen LogP contribution in [0.4, 0.5) is 0 Å². The average molecular weight is 713 g/mol. The summed E-state index contributed by atoms with van der Waals surface area (Å²) in [6.45, 7) is 4.67. The summed E-state index contributed by atoms with van der Waals surface area (Å²) in [5, 5.41) is 0. The van der Waals surface area contributed by atoms with E-state index in [1.807, 2.05) is 12.2 Å². The van der Waals surface area contributed by atoms with Crippen molar-refractivity contribution in [2.24, 2.45) is 0 Å². The van der Waals surface area contributed by atoms with Gasteiger partial charge in [0.2, 0.25) is 0 Å². The molecule has 7 nitrogen and oxygen atoms in total. The van der Waals surface area contributed by atoms with Gasteiger partial charge in [0, 0.05) is 0 Å². The smallest absolute Gasteiger partial charge is 0.744 e. The number of esters is 2. The van der Waals surface area contributed by atoms with E-state index < -0.39 is 27.0 Å². The quantitative estimate of drug-likeness (QED) is 0.0250. The molecule has 1 aromatic rings. The second kappa shape index (κ2) is 32.5. The van der Waals surface area contributed by atoms with Crippen LogP contribution < -0.4 is 29.6 Å². The molecule has 0 radical (unpaired) electrons. The number of allylic oxidation sites excluding steroid dienone is 2. The summed E-state index contributed by atoms with van der Waals surface area (Å²) in [7, 11) is -4.83. The number of carbonyl (C=O) groups excluding carboxylic acids is 2. The third-order valence-electron chi connectivity index (χ3n) is 8.54. The van der Waals surface area contributed by atoms with E-state index in [-0.39, 0.29) is 53.9 Å². The monoisotopic (exact) mass is 712 g/mol. The summed E-state index contributed by atoms with van der Waals surface area (Å²) in [6, 6.07) is 3.05. The molecule has 0 unspecified atom stereocenters. The van der Waals surface area contributed by atoms with Gasteiger partial charge in [0.05, 0.1) is 29.2 Å². The van der Waals surface area contributed by atoms with Gasteiger partial charge in [-0.3, -0.25) is 0 Å². The van der Waals surface area contributed by atoms with Crippen molar-refractivity contribution in [2.45, 2.75) is 173 Å². The number of ether oxygens (including phenoxy) is 2. The van der Waals surface area contributed by atoms with Crippen molar-refractivity contribution in [3.8, 4) is 0 Å². The number of hydrogen-bond donors (Lipinski definition) is 0. The molecule has 0 spiro atoms.